The molecule has 2 fully saturated rings. The lowest BCUT2D eigenvalue weighted by molar-refractivity contribution is 0.871. The van der Waals surface area contributed by atoms with Gasteiger partial charge in [-0.1, -0.05) is 29.3 Å². The van der Waals surface area contributed by atoms with Crippen molar-refractivity contribution in [1.82, 2.24) is 5.32 Å². The topological polar surface area (TPSA) is 50.4 Å². The molecule has 3 nitrogen and oxygen atoms in total. The van der Waals surface area contributed by atoms with Crippen molar-refractivity contribution in [3.8, 4) is 0 Å². The first-order chi connectivity index (χ1) is 8.63. The van der Waals surface area contributed by atoms with Gasteiger partial charge in [0.2, 0.25) is 0 Å². The zero-order valence-corrected chi connectivity index (χ0v) is 11.4. The molecule has 0 saturated heterocycles. The summed E-state index contributed by atoms with van der Waals surface area (Å²) in [7, 11) is 0. The summed E-state index contributed by atoms with van der Waals surface area (Å²) in [6.07, 6.45) is 3.44. The first-order valence-corrected chi connectivity index (χ1v) is 6.94. The normalized spacial score (nSPS) is 27.1. The molecule has 0 radical (unpaired) electrons. The number of hydrogen-bond donors (Lipinski definition) is 2. The maximum Gasteiger partial charge on any atom is 0.189 e. The van der Waals surface area contributed by atoms with Crippen LogP contribution >= 0.6 is 23.2 Å². The summed E-state index contributed by atoms with van der Waals surface area (Å²) >= 11 is 11.9. The van der Waals surface area contributed by atoms with Crippen LogP contribution in [-0.2, 0) is 0 Å². The number of guanidine groups is 1. The minimum absolute atomic E-state index is 0.286. The van der Waals surface area contributed by atoms with E-state index in [-0.39, 0.29) is 6.04 Å². The van der Waals surface area contributed by atoms with Gasteiger partial charge in [-0.05, 0) is 37.0 Å². The van der Waals surface area contributed by atoms with Crippen LogP contribution in [0.15, 0.2) is 23.2 Å². The molecule has 0 amide bonds. The van der Waals surface area contributed by atoms with Crippen LogP contribution in [0.5, 0.6) is 0 Å². The summed E-state index contributed by atoms with van der Waals surface area (Å²) in [6, 6.07) is 6.61. The number of nitrogens with one attached hydrogen (secondary N) is 1. The molecule has 0 spiro atoms. The van der Waals surface area contributed by atoms with Crippen LogP contribution in [0.4, 0.5) is 0 Å². The van der Waals surface area contributed by atoms with Crippen molar-refractivity contribution < 1.29 is 0 Å². The minimum atomic E-state index is 0.286. The van der Waals surface area contributed by atoms with Crippen molar-refractivity contribution in [2.24, 2.45) is 10.7 Å². The molecule has 0 heterocycles. The summed E-state index contributed by atoms with van der Waals surface area (Å²) in [5.74, 6) is 1.00. The third-order valence-corrected chi connectivity index (χ3v) is 4.10. The lowest BCUT2D eigenvalue weighted by Crippen LogP contribution is -2.33. The predicted molar refractivity (Wildman–Crippen MR) is 75.4 cm³/mol. The SMILES string of the molecule is NC(=N[C@@H]1C[C@H]1c1ccc(Cl)c(Cl)c1)NC1CC1. The molecule has 1 aromatic carbocycles. The minimum Gasteiger partial charge on any atom is -0.370 e. The van der Waals surface area contributed by atoms with Gasteiger partial charge in [-0.3, -0.25) is 0 Å². The third-order valence-electron chi connectivity index (χ3n) is 3.36. The third kappa shape index (κ3) is 2.73. The van der Waals surface area contributed by atoms with E-state index in [4.69, 9.17) is 28.9 Å². The Hall–Kier alpha value is -0.930. The van der Waals surface area contributed by atoms with E-state index < -0.39 is 0 Å². The van der Waals surface area contributed by atoms with E-state index in [9.17, 15) is 0 Å². The Kier molecular flexibility index (Phi) is 3.12. The maximum absolute atomic E-state index is 6.01. The van der Waals surface area contributed by atoms with Crippen LogP contribution < -0.4 is 11.1 Å². The van der Waals surface area contributed by atoms with Gasteiger partial charge in [0, 0.05) is 12.0 Å². The van der Waals surface area contributed by atoms with Gasteiger partial charge in [0.15, 0.2) is 5.96 Å². The Morgan fingerprint density at radius 3 is 2.72 bits per heavy atom. The van der Waals surface area contributed by atoms with Crippen molar-refractivity contribution >= 4 is 29.2 Å². The summed E-state index contributed by atoms with van der Waals surface area (Å²) in [4.78, 5) is 4.49. The number of nitrogens with two attached hydrogens (primary N) is 1. The molecule has 2 aliphatic carbocycles. The highest BCUT2D eigenvalue weighted by molar-refractivity contribution is 6.42. The van der Waals surface area contributed by atoms with Gasteiger partial charge in [0.1, 0.15) is 0 Å². The van der Waals surface area contributed by atoms with Crippen molar-refractivity contribution in [3.05, 3.63) is 33.8 Å². The molecule has 0 unspecified atom stereocenters. The fraction of sp³-hybridized carbons (Fsp3) is 0.462. The Morgan fingerprint density at radius 2 is 2.06 bits per heavy atom. The molecule has 3 rings (SSSR count). The van der Waals surface area contributed by atoms with Crippen molar-refractivity contribution in [2.75, 3.05) is 0 Å². The Morgan fingerprint density at radius 1 is 1.28 bits per heavy atom. The molecule has 2 saturated carbocycles. The highest BCUT2D eigenvalue weighted by Crippen LogP contribution is 2.44. The molecular weight excluding hydrogens is 269 g/mol. The molecule has 0 aromatic heterocycles. The Labute approximate surface area is 116 Å². The fourth-order valence-electron chi connectivity index (χ4n) is 2.08. The van der Waals surface area contributed by atoms with Gasteiger partial charge in [-0.25, -0.2) is 4.99 Å². The molecule has 1 aromatic rings. The Balaban J connectivity index is 1.63. The second-order valence-electron chi connectivity index (χ2n) is 5.02. The molecule has 2 atom stereocenters. The van der Waals surface area contributed by atoms with Gasteiger partial charge in [-0.15, -0.1) is 0 Å². The highest BCUT2D eigenvalue weighted by atomic mass is 35.5. The van der Waals surface area contributed by atoms with Crippen LogP contribution in [0.25, 0.3) is 0 Å². The smallest absolute Gasteiger partial charge is 0.189 e. The van der Waals surface area contributed by atoms with E-state index >= 15 is 0 Å². The standard InChI is InChI=1S/C13H15Cl2N3/c14-10-4-1-7(5-11(10)15)9-6-12(9)18-13(16)17-8-2-3-8/h1,4-5,8-9,12H,2-3,6H2,(H3,16,17,18)/t9-,12+/m0/s1. The first kappa shape index (κ1) is 12.1. The maximum atomic E-state index is 6.01. The zero-order valence-electron chi connectivity index (χ0n) is 9.87. The van der Waals surface area contributed by atoms with E-state index in [0.29, 0.717) is 28.0 Å². The molecule has 0 bridgehead atoms. The van der Waals surface area contributed by atoms with Crippen LogP contribution in [0.2, 0.25) is 10.0 Å². The lowest BCUT2D eigenvalue weighted by Gasteiger charge is -2.03. The second kappa shape index (κ2) is 4.63. The van der Waals surface area contributed by atoms with Crippen LogP contribution in [0.1, 0.15) is 30.7 Å². The number of hydrogen-bond acceptors (Lipinski definition) is 1. The van der Waals surface area contributed by atoms with E-state index in [2.05, 4.69) is 10.3 Å². The van der Waals surface area contributed by atoms with Crippen molar-refractivity contribution in [2.45, 2.75) is 37.3 Å². The summed E-state index contributed by atoms with van der Waals surface area (Å²) < 4.78 is 0. The number of rotatable bonds is 3. The quantitative estimate of drug-likeness (QED) is 0.662. The van der Waals surface area contributed by atoms with Gasteiger partial charge >= 0.3 is 0 Å². The van der Waals surface area contributed by atoms with E-state index in [1.54, 1.807) is 0 Å². The average Bonchev–Trinajstić information content (AvgIpc) is 3.20. The van der Waals surface area contributed by atoms with Crippen molar-refractivity contribution in [3.63, 3.8) is 0 Å². The molecule has 5 heteroatoms. The highest BCUT2D eigenvalue weighted by Gasteiger charge is 2.39. The van der Waals surface area contributed by atoms with Gasteiger partial charge in [-0.2, -0.15) is 0 Å². The monoisotopic (exact) mass is 283 g/mol. The van der Waals surface area contributed by atoms with E-state index in [1.807, 2.05) is 18.2 Å². The van der Waals surface area contributed by atoms with E-state index in [1.165, 1.54) is 18.4 Å². The predicted octanol–water partition coefficient (Wildman–Crippen LogP) is 2.92. The summed E-state index contributed by atoms with van der Waals surface area (Å²) in [5, 5.41) is 4.40. The van der Waals surface area contributed by atoms with Crippen molar-refractivity contribution in [1.29, 1.82) is 0 Å². The Bertz CT molecular complexity index is 497. The first-order valence-electron chi connectivity index (χ1n) is 6.18. The largest absolute Gasteiger partial charge is 0.370 e. The summed E-state index contributed by atoms with van der Waals surface area (Å²) in [6.45, 7) is 0. The fourth-order valence-corrected chi connectivity index (χ4v) is 2.38. The number of aliphatic imine (C=N–C) groups is 1. The molecule has 96 valence electrons. The molecule has 0 aliphatic heterocycles. The van der Waals surface area contributed by atoms with E-state index in [0.717, 1.165) is 6.42 Å². The molecule has 2 aliphatic rings. The summed E-state index contributed by atoms with van der Waals surface area (Å²) in [5.41, 5.74) is 7.03. The number of nitrogens with zero attached hydrogens (tertiary/aromatic N) is 1. The van der Waals surface area contributed by atoms with Gasteiger partial charge in [0.25, 0.3) is 0 Å². The number of benzene rings is 1. The van der Waals surface area contributed by atoms with Crippen LogP contribution in [0, 0.1) is 0 Å². The molecule has 3 N–H and O–H groups in total. The van der Waals surface area contributed by atoms with Gasteiger partial charge in [0.05, 0.1) is 16.1 Å². The molecule has 18 heavy (non-hydrogen) atoms. The van der Waals surface area contributed by atoms with Gasteiger partial charge < -0.3 is 11.1 Å². The second-order valence-corrected chi connectivity index (χ2v) is 5.83. The average molecular weight is 284 g/mol. The molecular formula is C13H15Cl2N3. The van der Waals surface area contributed by atoms with Crippen LogP contribution in [-0.4, -0.2) is 18.0 Å². The lowest BCUT2D eigenvalue weighted by atomic mass is 10.1. The zero-order chi connectivity index (χ0) is 12.7. The van der Waals surface area contributed by atoms with Crippen LogP contribution in [0.3, 0.4) is 0 Å². The number of halogens is 2.